The van der Waals surface area contributed by atoms with Gasteiger partial charge in [-0.3, -0.25) is 0 Å². The molecule has 2 heterocycles. The molecule has 96 valence electrons. The minimum Gasteiger partial charge on any atom is -0.373 e. The lowest BCUT2D eigenvalue weighted by atomic mass is 9.61. The van der Waals surface area contributed by atoms with E-state index in [0.717, 1.165) is 12.5 Å². The molecule has 1 aromatic carbocycles. The van der Waals surface area contributed by atoms with Gasteiger partial charge in [-0.2, -0.15) is 0 Å². The van der Waals surface area contributed by atoms with Crippen LogP contribution in [0.5, 0.6) is 0 Å². The summed E-state index contributed by atoms with van der Waals surface area (Å²) in [4.78, 5) is 0. The van der Waals surface area contributed by atoms with Crippen LogP contribution in [0.4, 0.5) is 0 Å². The molecule has 1 spiro atoms. The standard InChI is InChI=1S/C16H21NO/c1-2-4-14-13(3-1)15-12(5-10-18-15)11-16(14)6-8-17-9-7-16/h1-4,12,15,17H,5-11H2. The van der Waals surface area contributed by atoms with E-state index in [1.54, 1.807) is 5.56 Å². The fourth-order valence-electron chi connectivity index (χ4n) is 4.41. The van der Waals surface area contributed by atoms with Gasteiger partial charge >= 0.3 is 0 Å². The van der Waals surface area contributed by atoms with Crippen molar-refractivity contribution in [1.29, 1.82) is 0 Å². The van der Waals surface area contributed by atoms with E-state index < -0.39 is 0 Å². The molecular weight excluding hydrogens is 222 g/mol. The SMILES string of the molecule is c1ccc2c(c1)C1OCCC1CC21CCNCC1. The molecule has 0 saturated carbocycles. The highest BCUT2D eigenvalue weighted by Gasteiger charge is 2.46. The summed E-state index contributed by atoms with van der Waals surface area (Å²) in [7, 11) is 0. The second kappa shape index (κ2) is 4.07. The van der Waals surface area contributed by atoms with Crippen molar-refractivity contribution >= 4 is 0 Å². The predicted octanol–water partition coefficient (Wildman–Crippen LogP) is 2.79. The molecule has 2 aliphatic heterocycles. The van der Waals surface area contributed by atoms with E-state index in [0.29, 0.717) is 11.5 Å². The Morgan fingerprint density at radius 2 is 2.00 bits per heavy atom. The summed E-state index contributed by atoms with van der Waals surface area (Å²) in [6.45, 7) is 3.30. The van der Waals surface area contributed by atoms with Gasteiger partial charge in [-0.15, -0.1) is 0 Å². The van der Waals surface area contributed by atoms with Crippen LogP contribution in [0.25, 0.3) is 0 Å². The monoisotopic (exact) mass is 243 g/mol. The zero-order valence-electron chi connectivity index (χ0n) is 10.8. The van der Waals surface area contributed by atoms with Gasteiger partial charge in [0.2, 0.25) is 0 Å². The van der Waals surface area contributed by atoms with Gasteiger partial charge < -0.3 is 10.1 Å². The lowest BCUT2D eigenvalue weighted by Gasteiger charge is -2.46. The Labute approximate surface area is 109 Å². The maximum Gasteiger partial charge on any atom is 0.0857 e. The van der Waals surface area contributed by atoms with Crippen molar-refractivity contribution in [3.8, 4) is 0 Å². The lowest BCUT2D eigenvalue weighted by molar-refractivity contribution is 0.0636. The molecule has 2 unspecified atom stereocenters. The number of rotatable bonds is 0. The summed E-state index contributed by atoms with van der Waals surface area (Å²) in [5, 5.41) is 3.52. The molecule has 2 saturated heterocycles. The van der Waals surface area contributed by atoms with E-state index in [2.05, 4.69) is 29.6 Å². The zero-order chi connectivity index (χ0) is 12.0. The first-order chi connectivity index (χ1) is 8.89. The minimum absolute atomic E-state index is 0.390. The molecule has 2 heteroatoms. The smallest absolute Gasteiger partial charge is 0.0857 e. The number of nitrogens with one attached hydrogen (secondary N) is 1. The highest BCUT2D eigenvalue weighted by atomic mass is 16.5. The van der Waals surface area contributed by atoms with Gasteiger partial charge in [-0.05, 0) is 61.2 Å². The quantitative estimate of drug-likeness (QED) is 0.756. The number of fused-ring (bicyclic) bond motifs is 4. The second-order valence-electron chi connectivity index (χ2n) is 6.16. The van der Waals surface area contributed by atoms with Gasteiger partial charge in [0.05, 0.1) is 6.10 Å². The van der Waals surface area contributed by atoms with Crippen LogP contribution in [-0.2, 0) is 10.2 Å². The molecule has 0 radical (unpaired) electrons. The molecule has 0 aromatic heterocycles. The first-order valence-electron chi connectivity index (χ1n) is 7.31. The number of hydrogen-bond donors (Lipinski definition) is 1. The summed E-state index contributed by atoms with van der Waals surface area (Å²) in [6.07, 6.45) is 5.59. The largest absolute Gasteiger partial charge is 0.373 e. The summed E-state index contributed by atoms with van der Waals surface area (Å²) in [6, 6.07) is 9.05. The first kappa shape index (κ1) is 11.0. The Balaban J connectivity index is 1.83. The minimum atomic E-state index is 0.390. The Hall–Kier alpha value is -0.860. The van der Waals surface area contributed by atoms with Gasteiger partial charge in [-0.25, -0.2) is 0 Å². The maximum absolute atomic E-state index is 6.00. The van der Waals surface area contributed by atoms with E-state index in [4.69, 9.17) is 4.74 Å². The highest BCUT2D eigenvalue weighted by Crippen LogP contribution is 2.53. The molecule has 3 aliphatic rings. The third-order valence-corrected chi connectivity index (χ3v) is 5.27. The summed E-state index contributed by atoms with van der Waals surface area (Å²) in [5.74, 6) is 0.762. The van der Waals surface area contributed by atoms with Crippen LogP contribution < -0.4 is 5.32 Å². The topological polar surface area (TPSA) is 21.3 Å². The van der Waals surface area contributed by atoms with Crippen LogP contribution in [0.3, 0.4) is 0 Å². The predicted molar refractivity (Wildman–Crippen MR) is 71.6 cm³/mol. The second-order valence-corrected chi connectivity index (χ2v) is 6.16. The normalized spacial score (nSPS) is 33.1. The van der Waals surface area contributed by atoms with E-state index in [-0.39, 0.29) is 0 Å². The fourth-order valence-corrected chi connectivity index (χ4v) is 4.41. The molecule has 2 atom stereocenters. The lowest BCUT2D eigenvalue weighted by Crippen LogP contribution is -2.44. The molecule has 1 N–H and O–H groups in total. The molecule has 2 nitrogen and oxygen atoms in total. The molecule has 0 amide bonds. The molecule has 4 rings (SSSR count). The Morgan fingerprint density at radius 1 is 1.17 bits per heavy atom. The Morgan fingerprint density at radius 3 is 2.89 bits per heavy atom. The van der Waals surface area contributed by atoms with Crippen LogP contribution in [0.2, 0.25) is 0 Å². The average molecular weight is 243 g/mol. The van der Waals surface area contributed by atoms with Crippen molar-refractivity contribution in [2.24, 2.45) is 5.92 Å². The molecular formula is C16H21NO. The van der Waals surface area contributed by atoms with Crippen molar-refractivity contribution in [1.82, 2.24) is 5.32 Å². The van der Waals surface area contributed by atoms with Crippen molar-refractivity contribution in [2.45, 2.75) is 37.2 Å². The van der Waals surface area contributed by atoms with Crippen molar-refractivity contribution < 1.29 is 4.74 Å². The Bertz CT molecular complexity index is 450. The van der Waals surface area contributed by atoms with Crippen molar-refractivity contribution in [3.05, 3.63) is 35.4 Å². The van der Waals surface area contributed by atoms with Gasteiger partial charge in [-0.1, -0.05) is 24.3 Å². The van der Waals surface area contributed by atoms with Crippen LogP contribution in [0.15, 0.2) is 24.3 Å². The van der Waals surface area contributed by atoms with Gasteiger partial charge in [0.15, 0.2) is 0 Å². The highest BCUT2D eigenvalue weighted by molar-refractivity contribution is 5.40. The number of piperidine rings is 1. The third kappa shape index (κ3) is 1.49. The summed E-state index contributed by atoms with van der Waals surface area (Å²) >= 11 is 0. The van der Waals surface area contributed by atoms with Crippen LogP contribution >= 0.6 is 0 Å². The fraction of sp³-hybridized carbons (Fsp3) is 0.625. The number of hydrogen-bond acceptors (Lipinski definition) is 2. The van der Waals surface area contributed by atoms with E-state index >= 15 is 0 Å². The number of benzene rings is 1. The molecule has 1 aromatic rings. The maximum atomic E-state index is 6.00. The molecule has 0 bridgehead atoms. The van der Waals surface area contributed by atoms with Gasteiger partial charge in [0, 0.05) is 6.61 Å². The average Bonchev–Trinajstić information content (AvgIpc) is 2.88. The zero-order valence-corrected chi connectivity index (χ0v) is 10.8. The van der Waals surface area contributed by atoms with Crippen LogP contribution in [-0.4, -0.2) is 19.7 Å². The van der Waals surface area contributed by atoms with Crippen molar-refractivity contribution in [2.75, 3.05) is 19.7 Å². The van der Waals surface area contributed by atoms with Gasteiger partial charge in [0.25, 0.3) is 0 Å². The summed E-state index contributed by atoms with van der Waals surface area (Å²) in [5.41, 5.74) is 3.53. The van der Waals surface area contributed by atoms with Crippen LogP contribution in [0, 0.1) is 5.92 Å². The van der Waals surface area contributed by atoms with Crippen molar-refractivity contribution in [3.63, 3.8) is 0 Å². The Kier molecular flexibility index (Phi) is 2.49. The summed E-state index contributed by atoms with van der Waals surface area (Å²) < 4.78 is 6.00. The number of ether oxygens (including phenoxy) is 1. The van der Waals surface area contributed by atoms with E-state index in [1.165, 1.54) is 44.3 Å². The molecule has 1 aliphatic carbocycles. The van der Waals surface area contributed by atoms with E-state index in [9.17, 15) is 0 Å². The first-order valence-corrected chi connectivity index (χ1v) is 7.31. The van der Waals surface area contributed by atoms with Crippen LogP contribution in [0.1, 0.15) is 42.9 Å². The van der Waals surface area contributed by atoms with E-state index in [1.807, 2.05) is 0 Å². The van der Waals surface area contributed by atoms with Gasteiger partial charge in [0.1, 0.15) is 0 Å². The molecule has 2 fully saturated rings. The molecule has 18 heavy (non-hydrogen) atoms. The third-order valence-electron chi connectivity index (χ3n) is 5.27.